The molecule has 19 heavy (non-hydrogen) atoms. The van der Waals surface area contributed by atoms with Crippen molar-refractivity contribution in [1.82, 2.24) is 9.78 Å². The number of aryl methyl sites for hydroxylation is 2. The molecule has 0 saturated carbocycles. The van der Waals surface area contributed by atoms with Crippen molar-refractivity contribution in [3.05, 3.63) is 43.5 Å². The summed E-state index contributed by atoms with van der Waals surface area (Å²) in [6.45, 7) is 5.30. The maximum Gasteiger partial charge on any atom is 0.287 e. The fraction of sp³-hybridized carbons (Fsp3) is 0.385. The van der Waals surface area contributed by atoms with E-state index in [1.54, 1.807) is 17.5 Å². The zero-order valence-electron chi connectivity index (χ0n) is 10.9. The number of rotatable bonds is 5. The maximum atomic E-state index is 11.9. The summed E-state index contributed by atoms with van der Waals surface area (Å²) < 4.78 is 1.39. The van der Waals surface area contributed by atoms with Gasteiger partial charge in [0.05, 0.1) is 11.9 Å². The van der Waals surface area contributed by atoms with Crippen LogP contribution in [-0.2, 0) is 13.1 Å². The lowest BCUT2D eigenvalue weighted by molar-refractivity contribution is 0.568. The Bertz CT molecular complexity index is 621. The van der Waals surface area contributed by atoms with Crippen molar-refractivity contribution < 1.29 is 0 Å². The molecule has 0 saturated heterocycles. The minimum Gasteiger partial charge on any atom is -0.377 e. The van der Waals surface area contributed by atoms with Crippen molar-refractivity contribution in [1.29, 1.82) is 0 Å². The number of thiophene rings is 1. The van der Waals surface area contributed by atoms with Crippen LogP contribution in [0.1, 0.15) is 23.8 Å². The molecule has 2 rings (SSSR count). The molecule has 0 aromatic carbocycles. The second kappa shape index (κ2) is 6.21. The second-order valence-corrected chi connectivity index (χ2v) is 5.66. The van der Waals surface area contributed by atoms with Crippen LogP contribution in [0.2, 0.25) is 5.02 Å². The zero-order valence-corrected chi connectivity index (χ0v) is 12.5. The predicted octanol–water partition coefficient (Wildman–Crippen LogP) is 3.29. The molecule has 0 fully saturated rings. The first-order chi connectivity index (χ1) is 9.13. The number of anilines is 1. The van der Waals surface area contributed by atoms with Gasteiger partial charge in [0.1, 0.15) is 5.02 Å². The largest absolute Gasteiger partial charge is 0.377 e. The highest BCUT2D eigenvalue weighted by molar-refractivity contribution is 7.10. The summed E-state index contributed by atoms with van der Waals surface area (Å²) in [6.07, 6.45) is 2.47. The Morgan fingerprint density at radius 1 is 1.53 bits per heavy atom. The predicted molar refractivity (Wildman–Crippen MR) is 80.2 cm³/mol. The normalized spacial score (nSPS) is 10.7. The number of hydrogen-bond donors (Lipinski definition) is 1. The molecule has 102 valence electrons. The molecule has 0 unspecified atom stereocenters. The van der Waals surface area contributed by atoms with E-state index in [9.17, 15) is 4.79 Å². The Kier molecular flexibility index (Phi) is 4.61. The molecule has 0 spiro atoms. The van der Waals surface area contributed by atoms with Crippen LogP contribution >= 0.6 is 22.9 Å². The number of nitrogens with zero attached hydrogens (tertiary/aromatic N) is 2. The fourth-order valence-electron chi connectivity index (χ4n) is 1.72. The lowest BCUT2D eigenvalue weighted by Crippen LogP contribution is -2.24. The van der Waals surface area contributed by atoms with Crippen LogP contribution in [0.3, 0.4) is 0 Å². The summed E-state index contributed by atoms with van der Waals surface area (Å²) in [4.78, 5) is 13.2. The van der Waals surface area contributed by atoms with Gasteiger partial charge in [0.15, 0.2) is 0 Å². The third-order valence-corrected chi connectivity index (χ3v) is 4.22. The molecule has 2 aromatic rings. The average Bonchev–Trinajstić information content (AvgIpc) is 2.80. The van der Waals surface area contributed by atoms with Crippen LogP contribution in [-0.4, -0.2) is 9.78 Å². The van der Waals surface area contributed by atoms with Crippen LogP contribution in [0.5, 0.6) is 0 Å². The van der Waals surface area contributed by atoms with Gasteiger partial charge in [0.25, 0.3) is 5.56 Å². The molecule has 0 atom stereocenters. The maximum absolute atomic E-state index is 11.9. The van der Waals surface area contributed by atoms with Gasteiger partial charge >= 0.3 is 0 Å². The van der Waals surface area contributed by atoms with Gasteiger partial charge < -0.3 is 5.32 Å². The molecule has 4 nitrogen and oxygen atoms in total. The third kappa shape index (κ3) is 3.16. The molecule has 0 aliphatic heterocycles. The highest BCUT2D eigenvalue weighted by atomic mass is 35.5. The minimum atomic E-state index is -0.239. The second-order valence-electron chi connectivity index (χ2n) is 4.28. The van der Waals surface area contributed by atoms with Gasteiger partial charge in [0.2, 0.25) is 0 Å². The van der Waals surface area contributed by atoms with E-state index >= 15 is 0 Å². The van der Waals surface area contributed by atoms with Crippen molar-refractivity contribution >= 4 is 28.6 Å². The molecule has 0 aliphatic carbocycles. The van der Waals surface area contributed by atoms with E-state index < -0.39 is 0 Å². The van der Waals surface area contributed by atoms with Gasteiger partial charge in [-0.05, 0) is 30.4 Å². The van der Waals surface area contributed by atoms with E-state index in [0.717, 1.165) is 6.42 Å². The van der Waals surface area contributed by atoms with Gasteiger partial charge in [-0.15, -0.1) is 11.3 Å². The molecule has 2 aromatic heterocycles. The van der Waals surface area contributed by atoms with Gasteiger partial charge in [-0.2, -0.15) is 5.10 Å². The summed E-state index contributed by atoms with van der Waals surface area (Å²) in [5, 5.41) is 9.53. The lowest BCUT2D eigenvalue weighted by Gasteiger charge is -2.09. The molecule has 0 radical (unpaired) electrons. The monoisotopic (exact) mass is 297 g/mol. The van der Waals surface area contributed by atoms with E-state index in [1.165, 1.54) is 15.1 Å². The van der Waals surface area contributed by atoms with Gasteiger partial charge in [-0.3, -0.25) is 4.79 Å². The smallest absolute Gasteiger partial charge is 0.287 e. The molecule has 2 heterocycles. The average molecular weight is 298 g/mol. The topological polar surface area (TPSA) is 46.9 Å². The lowest BCUT2D eigenvalue weighted by atomic mass is 10.3. The number of aromatic nitrogens is 2. The minimum absolute atomic E-state index is 0.206. The van der Waals surface area contributed by atoms with Crippen LogP contribution in [0.15, 0.2) is 22.4 Å². The highest BCUT2D eigenvalue weighted by Crippen LogP contribution is 2.20. The van der Waals surface area contributed by atoms with Crippen LogP contribution in [0, 0.1) is 6.92 Å². The van der Waals surface area contributed by atoms with Gasteiger partial charge in [-0.1, -0.05) is 18.5 Å². The van der Waals surface area contributed by atoms with Crippen molar-refractivity contribution in [2.75, 3.05) is 5.32 Å². The molecule has 0 amide bonds. The van der Waals surface area contributed by atoms with Crippen LogP contribution < -0.4 is 10.9 Å². The van der Waals surface area contributed by atoms with Gasteiger partial charge in [0, 0.05) is 18.0 Å². The Morgan fingerprint density at radius 2 is 2.32 bits per heavy atom. The van der Waals surface area contributed by atoms with E-state index in [2.05, 4.69) is 23.4 Å². The van der Waals surface area contributed by atoms with Crippen LogP contribution in [0.4, 0.5) is 5.69 Å². The first kappa shape index (κ1) is 14.1. The first-order valence-corrected chi connectivity index (χ1v) is 7.41. The van der Waals surface area contributed by atoms with E-state index in [0.29, 0.717) is 18.8 Å². The van der Waals surface area contributed by atoms with Crippen LogP contribution in [0.25, 0.3) is 0 Å². The highest BCUT2D eigenvalue weighted by Gasteiger charge is 2.09. The Morgan fingerprint density at radius 3 is 2.95 bits per heavy atom. The SMILES string of the molecule is CCCn1ncc(NCc2sccc2C)c(Cl)c1=O. The number of halogens is 1. The standard InChI is InChI=1S/C13H16ClN3OS/c1-3-5-17-13(18)12(14)10(7-16-17)15-8-11-9(2)4-6-19-11/h4,6-7,15H,3,5,8H2,1-2H3. The molecule has 1 N–H and O–H groups in total. The van der Waals surface area contributed by atoms with Crippen molar-refractivity contribution in [2.24, 2.45) is 0 Å². The summed E-state index contributed by atoms with van der Waals surface area (Å²) >= 11 is 7.76. The Hall–Kier alpha value is -1.33. The zero-order chi connectivity index (χ0) is 13.8. The van der Waals surface area contributed by atoms with E-state index in [4.69, 9.17) is 11.6 Å². The number of hydrogen-bond acceptors (Lipinski definition) is 4. The summed E-state index contributed by atoms with van der Waals surface area (Å²) in [6, 6.07) is 2.07. The number of nitrogens with one attached hydrogen (secondary N) is 1. The summed E-state index contributed by atoms with van der Waals surface area (Å²) in [5.74, 6) is 0. The van der Waals surface area contributed by atoms with Crippen molar-refractivity contribution in [3.63, 3.8) is 0 Å². The van der Waals surface area contributed by atoms with E-state index in [1.807, 2.05) is 12.3 Å². The Balaban J connectivity index is 2.16. The fourth-order valence-corrected chi connectivity index (χ4v) is 2.78. The molecular weight excluding hydrogens is 282 g/mol. The molecule has 6 heteroatoms. The molecule has 0 bridgehead atoms. The van der Waals surface area contributed by atoms with E-state index in [-0.39, 0.29) is 10.6 Å². The van der Waals surface area contributed by atoms with Gasteiger partial charge in [-0.25, -0.2) is 4.68 Å². The quantitative estimate of drug-likeness (QED) is 0.921. The molecule has 0 aliphatic rings. The summed E-state index contributed by atoms with van der Waals surface area (Å²) in [7, 11) is 0. The van der Waals surface area contributed by atoms with Crippen molar-refractivity contribution in [2.45, 2.75) is 33.4 Å². The third-order valence-electron chi connectivity index (χ3n) is 2.83. The summed E-state index contributed by atoms with van der Waals surface area (Å²) in [5.41, 5.74) is 1.59. The molecular formula is C13H16ClN3OS. The first-order valence-electron chi connectivity index (χ1n) is 6.16. The Labute approximate surface area is 121 Å². The van der Waals surface area contributed by atoms with Crippen molar-refractivity contribution in [3.8, 4) is 0 Å².